The van der Waals surface area contributed by atoms with Gasteiger partial charge in [0.25, 0.3) is 0 Å². The van der Waals surface area contributed by atoms with E-state index in [9.17, 15) is 9.59 Å². The summed E-state index contributed by atoms with van der Waals surface area (Å²) in [5.74, 6) is 0.359. The maximum Gasteiger partial charge on any atom is 0.330 e. The molecule has 0 spiro atoms. The molecule has 2 bridgehead atoms. The van der Waals surface area contributed by atoms with Gasteiger partial charge >= 0.3 is 11.9 Å². The zero-order valence-electron chi connectivity index (χ0n) is 14.3. The second-order valence-corrected chi connectivity index (χ2v) is 7.61. The van der Waals surface area contributed by atoms with E-state index in [0.717, 1.165) is 6.42 Å². The number of ether oxygens (including phenoxy) is 3. The standard InChI is InChI=1S/C18H26O5/c1-6-13(19)23-18(4)12-7-10(9(2)3)14(16(18)21-5)11-8-22-17(20)15(11)12/h6,9-12,14-16H,1,7-8H2,2-5H3. The third-order valence-corrected chi connectivity index (χ3v) is 6.35. The van der Waals surface area contributed by atoms with Crippen molar-refractivity contribution >= 4 is 11.9 Å². The molecule has 4 rings (SSSR count). The number of esters is 2. The fourth-order valence-electron chi connectivity index (χ4n) is 5.41. The van der Waals surface area contributed by atoms with E-state index in [-0.39, 0.29) is 35.7 Å². The Balaban J connectivity index is 2.04. The minimum Gasteiger partial charge on any atom is -0.465 e. The Morgan fingerprint density at radius 1 is 1.48 bits per heavy atom. The lowest BCUT2D eigenvalue weighted by molar-refractivity contribution is -0.251. The Labute approximate surface area is 137 Å². The van der Waals surface area contributed by atoms with Crippen molar-refractivity contribution in [2.24, 2.45) is 35.5 Å². The Morgan fingerprint density at radius 2 is 2.17 bits per heavy atom. The highest BCUT2D eigenvalue weighted by atomic mass is 16.6. The minimum atomic E-state index is -0.819. The molecular weight excluding hydrogens is 296 g/mol. The van der Waals surface area contributed by atoms with Crippen LogP contribution in [0.25, 0.3) is 0 Å². The molecule has 4 aliphatic rings. The summed E-state index contributed by atoms with van der Waals surface area (Å²) in [5, 5.41) is 0. The summed E-state index contributed by atoms with van der Waals surface area (Å²) < 4.78 is 17.0. The average Bonchev–Trinajstić information content (AvgIpc) is 2.90. The van der Waals surface area contributed by atoms with E-state index in [4.69, 9.17) is 14.2 Å². The zero-order valence-corrected chi connectivity index (χ0v) is 14.3. The molecule has 0 N–H and O–H groups in total. The van der Waals surface area contributed by atoms with Gasteiger partial charge in [-0.25, -0.2) is 4.79 Å². The molecule has 4 fully saturated rings. The van der Waals surface area contributed by atoms with Crippen LogP contribution in [0.2, 0.25) is 0 Å². The molecule has 0 aromatic rings. The van der Waals surface area contributed by atoms with Crippen LogP contribution in [-0.4, -0.2) is 37.4 Å². The predicted molar refractivity (Wildman–Crippen MR) is 83.4 cm³/mol. The molecule has 23 heavy (non-hydrogen) atoms. The van der Waals surface area contributed by atoms with E-state index < -0.39 is 11.6 Å². The van der Waals surface area contributed by atoms with Crippen molar-refractivity contribution in [1.82, 2.24) is 0 Å². The van der Waals surface area contributed by atoms with Crippen molar-refractivity contribution in [3.63, 3.8) is 0 Å². The average molecular weight is 322 g/mol. The maximum absolute atomic E-state index is 12.3. The molecule has 0 aromatic carbocycles. The number of carbonyl (C=O) groups excluding carboxylic acids is 2. The highest BCUT2D eigenvalue weighted by molar-refractivity contribution is 5.82. The minimum absolute atomic E-state index is 0.0752. The number of hydrogen-bond acceptors (Lipinski definition) is 5. The van der Waals surface area contributed by atoms with Crippen molar-refractivity contribution in [3.8, 4) is 0 Å². The molecular formula is C18H26O5. The van der Waals surface area contributed by atoms with Gasteiger partial charge in [-0.3, -0.25) is 4.79 Å². The van der Waals surface area contributed by atoms with E-state index in [1.807, 2.05) is 6.92 Å². The van der Waals surface area contributed by atoms with E-state index in [0.29, 0.717) is 18.4 Å². The monoisotopic (exact) mass is 322 g/mol. The van der Waals surface area contributed by atoms with Crippen molar-refractivity contribution in [2.45, 2.75) is 38.9 Å². The molecule has 0 aromatic heterocycles. The fraction of sp³-hybridized carbons (Fsp3) is 0.778. The lowest BCUT2D eigenvalue weighted by atomic mass is 9.47. The molecule has 7 atom stereocenters. The highest BCUT2D eigenvalue weighted by Gasteiger charge is 2.69. The first-order valence-corrected chi connectivity index (χ1v) is 8.40. The molecule has 3 aliphatic carbocycles. The Hall–Kier alpha value is -1.36. The lowest BCUT2D eigenvalue weighted by Crippen LogP contribution is -2.68. The fourth-order valence-corrected chi connectivity index (χ4v) is 5.41. The number of fused-ring (bicyclic) bond motifs is 2. The molecule has 7 unspecified atom stereocenters. The molecule has 1 saturated heterocycles. The summed E-state index contributed by atoms with van der Waals surface area (Å²) in [6.45, 7) is 10.3. The number of rotatable bonds is 4. The van der Waals surface area contributed by atoms with Crippen LogP contribution in [0.5, 0.6) is 0 Å². The Morgan fingerprint density at radius 3 is 2.74 bits per heavy atom. The Bertz CT molecular complexity index is 528. The quantitative estimate of drug-likeness (QED) is 0.586. The van der Waals surface area contributed by atoms with Crippen LogP contribution in [0.3, 0.4) is 0 Å². The number of hydrogen-bond donors (Lipinski definition) is 0. The molecule has 1 aliphatic heterocycles. The van der Waals surface area contributed by atoms with Crippen molar-refractivity contribution < 1.29 is 23.8 Å². The number of methoxy groups -OCH3 is 1. The lowest BCUT2D eigenvalue weighted by Gasteiger charge is -2.61. The third kappa shape index (κ3) is 2.24. The summed E-state index contributed by atoms with van der Waals surface area (Å²) in [4.78, 5) is 24.2. The summed E-state index contributed by atoms with van der Waals surface area (Å²) in [6.07, 6.45) is 1.80. The molecule has 0 amide bonds. The van der Waals surface area contributed by atoms with E-state index in [1.165, 1.54) is 6.08 Å². The van der Waals surface area contributed by atoms with Crippen LogP contribution in [0.15, 0.2) is 12.7 Å². The smallest absolute Gasteiger partial charge is 0.330 e. The highest BCUT2D eigenvalue weighted by Crippen LogP contribution is 2.61. The van der Waals surface area contributed by atoms with Crippen molar-refractivity contribution in [3.05, 3.63) is 12.7 Å². The van der Waals surface area contributed by atoms with Crippen LogP contribution in [0.4, 0.5) is 0 Å². The summed E-state index contributed by atoms with van der Waals surface area (Å²) in [6, 6.07) is 0. The topological polar surface area (TPSA) is 61.8 Å². The SMILES string of the molecule is C=CC(=O)OC1(C)C2CC(C(C)C)C(C3COC(=O)C32)C1OC. The van der Waals surface area contributed by atoms with Crippen LogP contribution < -0.4 is 0 Å². The maximum atomic E-state index is 12.3. The summed E-state index contributed by atoms with van der Waals surface area (Å²) >= 11 is 0. The van der Waals surface area contributed by atoms with Gasteiger partial charge in [0.05, 0.1) is 12.5 Å². The normalized spacial score (nSPS) is 44.8. The zero-order chi connectivity index (χ0) is 16.9. The molecule has 0 radical (unpaired) electrons. The van der Waals surface area contributed by atoms with Gasteiger partial charge in [0.2, 0.25) is 0 Å². The van der Waals surface area contributed by atoms with Gasteiger partial charge in [0.15, 0.2) is 0 Å². The van der Waals surface area contributed by atoms with Gasteiger partial charge in [-0.1, -0.05) is 20.4 Å². The van der Waals surface area contributed by atoms with Gasteiger partial charge in [0, 0.05) is 25.0 Å². The second kappa shape index (κ2) is 5.62. The summed E-state index contributed by atoms with van der Waals surface area (Å²) in [7, 11) is 1.66. The van der Waals surface area contributed by atoms with E-state index in [2.05, 4.69) is 20.4 Å². The molecule has 5 heteroatoms. The van der Waals surface area contributed by atoms with Crippen LogP contribution in [-0.2, 0) is 23.8 Å². The predicted octanol–water partition coefficient (Wildman–Crippen LogP) is 2.20. The van der Waals surface area contributed by atoms with Gasteiger partial charge in [-0.15, -0.1) is 0 Å². The molecule has 5 nitrogen and oxygen atoms in total. The van der Waals surface area contributed by atoms with Gasteiger partial charge in [-0.2, -0.15) is 0 Å². The first kappa shape index (κ1) is 16.5. The molecule has 128 valence electrons. The van der Waals surface area contributed by atoms with E-state index in [1.54, 1.807) is 7.11 Å². The van der Waals surface area contributed by atoms with Gasteiger partial charge in [-0.05, 0) is 31.1 Å². The second-order valence-electron chi connectivity index (χ2n) is 7.61. The van der Waals surface area contributed by atoms with Crippen molar-refractivity contribution in [1.29, 1.82) is 0 Å². The van der Waals surface area contributed by atoms with Crippen LogP contribution in [0.1, 0.15) is 27.2 Å². The first-order chi connectivity index (χ1) is 10.8. The molecule has 1 heterocycles. The van der Waals surface area contributed by atoms with Gasteiger partial charge in [0.1, 0.15) is 11.7 Å². The Kier molecular flexibility index (Phi) is 4.03. The van der Waals surface area contributed by atoms with Gasteiger partial charge < -0.3 is 14.2 Å². The third-order valence-electron chi connectivity index (χ3n) is 6.35. The molecule has 3 saturated carbocycles. The number of carbonyl (C=O) groups is 2. The van der Waals surface area contributed by atoms with Crippen LogP contribution in [0, 0.1) is 35.5 Å². The summed E-state index contributed by atoms with van der Waals surface area (Å²) in [5.41, 5.74) is -0.819. The van der Waals surface area contributed by atoms with E-state index >= 15 is 0 Å². The largest absolute Gasteiger partial charge is 0.465 e. The number of cyclic esters (lactones) is 1. The van der Waals surface area contributed by atoms with Crippen molar-refractivity contribution in [2.75, 3.05) is 13.7 Å². The first-order valence-electron chi connectivity index (χ1n) is 8.40. The van der Waals surface area contributed by atoms with Crippen LogP contribution >= 0.6 is 0 Å².